The largest absolute Gasteiger partial charge is 0.315 e. The molecule has 1 aromatic heterocycles. The molecule has 2 heterocycles. The van der Waals surface area contributed by atoms with Gasteiger partial charge in [-0.15, -0.1) is 0 Å². The molecule has 0 radical (unpaired) electrons. The fraction of sp³-hybridized carbons (Fsp3) is 0.0400. The maximum Gasteiger partial charge on any atom is 0.0610 e. The van der Waals surface area contributed by atoms with Gasteiger partial charge in [0.1, 0.15) is 0 Å². The molecule has 0 atom stereocenters. The molecule has 0 amide bonds. The van der Waals surface area contributed by atoms with Crippen molar-refractivity contribution in [1.82, 2.24) is 4.57 Å². The van der Waals surface area contributed by atoms with Gasteiger partial charge in [-0.2, -0.15) is 0 Å². The summed E-state index contributed by atoms with van der Waals surface area (Å²) < 4.78 is 2.41. The average molecular weight is 329 g/mol. The van der Waals surface area contributed by atoms with Crippen LogP contribution in [0.1, 0.15) is 11.1 Å². The molecule has 0 unspecified atom stereocenters. The molecule has 0 saturated heterocycles. The Morgan fingerprint density at radius 1 is 0.615 bits per heavy atom. The van der Waals surface area contributed by atoms with Crippen LogP contribution in [0.3, 0.4) is 0 Å². The van der Waals surface area contributed by atoms with E-state index in [0.29, 0.717) is 0 Å². The van der Waals surface area contributed by atoms with Crippen LogP contribution in [-0.4, -0.2) is 4.57 Å². The molecular formula is C25H15N. The van der Waals surface area contributed by atoms with Crippen LogP contribution < -0.4 is 0 Å². The minimum atomic E-state index is 1.04. The third-order valence-electron chi connectivity index (χ3n) is 6.13. The maximum absolute atomic E-state index is 2.41. The van der Waals surface area contributed by atoms with Gasteiger partial charge in [-0.1, -0.05) is 54.6 Å². The molecule has 5 aromatic rings. The fourth-order valence-corrected chi connectivity index (χ4v) is 5.02. The zero-order valence-corrected chi connectivity index (χ0v) is 14.2. The Kier molecular flexibility index (Phi) is 2.12. The summed E-state index contributed by atoms with van der Waals surface area (Å²) in [6.45, 7) is 0. The highest BCUT2D eigenvalue weighted by Gasteiger charge is 2.29. The molecule has 1 aliphatic heterocycles. The molecule has 7 rings (SSSR count). The van der Waals surface area contributed by atoms with Gasteiger partial charge in [0.2, 0.25) is 0 Å². The Bertz CT molecular complexity index is 1400. The molecule has 1 aliphatic carbocycles. The molecule has 0 saturated carbocycles. The van der Waals surface area contributed by atoms with Crippen LogP contribution in [0.4, 0.5) is 0 Å². The van der Waals surface area contributed by atoms with Crippen molar-refractivity contribution in [3.63, 3.8) is 0 Å². The Balaban J connectivity index is 1.79. The monoisotopic (exact) mass is 329 g/mol. The Hall–Kier alpha value is -3.32. The average Bonchev–Trinajstić information content (AvgIpc) is 3.24. The van der Waals surface area contributed by atoms with Crippen LogP contribution in [0.5, 0.6) is 0 Å². The molecule has 0 fully saturated rings. The van der Waals surface area contributed by atoms with Crippen molar-refractivity contribution in [3.8, 4) is 27.9 Å². The van der Waals surface area contributed by atoms with Gasteiger partial charge in [-0.25, -0.2) is 0 Å². The number of hydrogen-bond acceptors (Lipinski definition) is 0. The van der Waals surface area contributed by atoms with Crippen LogP contribution in [-0.2, 0) is 6.42 Å². The highest BCUT2D eigenvalue weighted by Crippen LogP contribution is 2.50. The van der Waals surface area contributed by atoms with E-state index in [1.807, 2.05) is 0 Å². The number of hydrogen-bond donors (Lipinski definition) is 0. The van der Waals surface area contributed by atoms with E-state index in [1.165, 1.54) is 60.7 Å². The first-order valence-electron chi connectivity index (χ1n) is 9.17. The van der Waals surface area contributed by atoms with E-state index in [-0.39, 0.29) is 0 Å². The second-order valence-electron chi connectivity index (χ2n) is 7.46. The normalized spacial score (nSPS) is 13.2. The lowest BCUT2D eigenvalue weighted by Gasteiger charge is -2.14. The van der Waals surface area contributed by atoms with Gasteiger partial charge in [-0.05, 0) is 57.6 Å². The van der Waals surface area contributed by atoms with Gasteiger partial charge in [-0.3, -0.25) is 0 Å². The van der Waals surface area contributed by atoms with Crippen molar-refractivity contribution >= 4 is 21.7 Å². The molecule has 2 aliphatic rings. The van der Waals surface area contributed by atoms with Crippen molar-refractivity contribution in [2.45, 2.75) is 6.42 Å². The number of nitrogens with zero attached hydrogens (tertiary/aromatic N) is 1. The van der Waals surface area contributed by atoms with Crippen molar-refractivity contribution in [2.24, 2.45) is 0 Å². The predicted octanol–water partition coefficient (Wildman–Crippen LogP) is 6.34. The summed E-state index contributed by atoms with van der Waals surface area (Å²) >= 11 is 0. The maximum atomic E-state index is 2.41. The molecule has 26 heavy (non-hydrogen) atoms. The minimum Gasteiger partial charge on any atom is -0.315 e. The summed E-state index contributed by atoms with van der Waals surface area (Å²) in [7, 11) is 0. The number of aromatic nitrogens is 1. The standard InChI is InChI=1S/C25H15N/c1-2-5-17-14-22-21(13-16(17)4-1)20-7-3-6-18-12-19-9-8-15-10-11-26(22)25(15)24(19)23(18)20/h1-11,13-14H,12H2. The minimum absolute atomic E-state index is 1.04. The molecular weight excluding hydrogens is 314 g/mol. The zero-order chi connectivity index (χ0) is 16.8. The van der Waals surface area contributed by atoms with E-state index in [2.05, 4.69) is 83.6 Å². The van der Waals surface area contributed by atoms with Crippen LogP contribution in [0, 0.1) is 0 Å². The topological polar surface area (TPSA) is 4.93 Å². The van der Waals surface area contributed by atoms with Crippen molar-refractivity contribution in [3.05, 3.63) is 90.1 Å². The van der Waals surface area contributed by atoms with Crippen LogP contribution in [0.2, 0.25) is 0 Å². The summed E-state index contributed by atoms with van der Waals surface area (Å²) in [5.41, 5.74) is 11.2. The van der Waals surface area contributed by atoms with Crippen LogP contribution in [0.25, 0.3) is 49.6 Å². The first-order chi connectivity index (χ1) is 12.9. The Morgan fingerprint density at radius 2 is 1.46 bits per heavy atom. The molecule has 1 heteroatoms. The van der Waals surface area contributed by atoms with E-state index in [1.54, 1.807) is 0 Å². The summed E-state index contributed by atoms with van der Waals surface area (Å²) in [5, 5.41) is 3.92. The first kappa shape index (κ1) is 13.0. The van der Waals surface area contributed by atoms with Crippen molar-refractivity contribution in [2.75, 3.05) is 0 Å². The molecule has 0 spiro atoms. The highest BCUT2D eigenvalue weighted by molar-refractivity contribution is 6.09. The third kappa shape index (κ3) is 1.40. The quantitative estimate of drug-likeness (QED) is 0.306. The molecule has 0 bridgehead atoms. The third-order valence-corrected chi connectivity index (χ3v) is 6.13. The van der Waals surface area contributed by atoms with Gasteiger partial charge < -0.3 is 4.57 Å². The Labute approximate surface area is 151 Å². The number of rotatable bonds is 0. The second-order valence-corrected chi connectivity index (χ2v) is 7.46. The lowest BCUT2D eigenvalue weighted by Crippen LogP contribution is -1.95. The van der Waals surface area contributed by atoms with E-state index < -0.39 is 0 Å². The first-order valence-corrected chi connectivity index (χ1v) is 9.17. The SMILES string of the molecule is c1cc2c3c(c1)-c1cc4ccccc4cc1-n1ccc4ccc(c-3c41)C2. The predicted molar refractivity (Wildman–Crippen MR) is 108 cm³/mol. The van der Waals surface area contributed by atoms with Crippen molar-refractivity contribution < 1.29 is 0 Å². The molecule has 1 nitrogen and oxygen atoms in total. The highest BCUT2D eigenvalue weighted by atomic mass is 15.0. The van der Waals surface area contributed by atoms with Gasteiger partial charge in [0.25, 0.3) is 0 Å². The summed E-state index contributed by atoms with van der Waals surface area (Å²) in [6.07, 6.45) is 3.28. The van der Waals surface area contributed by atoms with E-state index in [4.69, 9.17) is 0 Å². The Morgan fingerprint density at radius 3 is 2.38 bits per heavy atom. The fourth-order valence-electron chi connectivity index (χ4n) is 5.02. The lowest BCUT2D eigenvalue weighted by molar-refractivity contribution is 1.14. The van der Waals surface area contributed by atoms with Crippen LogP contribution in [0.15, 0.2) is 79.0 Å². The summed E-state index contributed by atoms with van der Waals surface area (Å²) in [5.74, 6) is 0. The van der Waals surface area contributed by atoms with Crippen molar-refractivity contribution in [1.29, 1.82) is 0 Å². The van der Waals surface area contributed by atoms with Gasteiger partial charge >= 0.3 is 0 Å². The molecule has 4 aromatic carbocycles. The summed E-state index contributed by atoms with van der Waals surface area (Å²) in [6, 6.07) is 27.1. The number of fused-ring (bicyclic) bond motifs is 4. The van der Waals surface area contributed by atoms with E-state index >= 15 is 0 Å². The smallest absolute Gasteiger partial charge is 0.0610 e. The molecule has 0 N–H and O–H groups in total. The lowest BCUT2D eigenvalue weighted by atomic mass is 9.92. The zero-order valence-electron chi connectivity index (χ0n) is 14.2. The van der Waals surface area contributed by atoms with E-state index in [0.717, 1.165) is 6.42 Å². The van der Waals surface area contributed by atoms with E-state index in [9.17, 15) is 0 Å². The van der Waals surface area contributed by atoms with Gasteiger partial charge in [0.05, 0.1) is 11.2 Å². The molecule has 120 valence electrons. The van der Waals surface area contributed by atoms with Gasteiger partial charge in [0.15, 0.2) is 0 Å². The van der Waals surface area contributed by atoms with Gasteiger partial charge in [0, 0.05) is 22.7 Å². The number of benzene rings is 4. The second kappa shape index (κ2) is 4.25. The summed E-state index contributed by atoms with van der Waals surface area (Å²) in [4.78, 5) is 0. The van der Waals surface area contributed by atoms with Crippen LogP contribution >= 0.6 is 0 Å².